The predicted molar refractivity (Wildman–Crippen MR) is 304 cm³/mol. The summed E-state index contributed by atoms with van der Waals surface area (Å²) in [5.74, 6) is -1.85. The maximum Gasteiger partial charge on any atom is 0.410 e. The third-order valence-corrected chi connectivity index (χ3v) is 15.4. The summed E-state index contributed by atoms with van der Waals surface area (Å²) >= 11 is 0. The molecule has 83 heavy (non-hydrogen) atoms. The Balaban J connectivity index is 0.762. The Morgan fingerprint density at radius 2 is 1.25 bits per heavy atom. The normalized spacial score (nSPS) is 17.1. The number of nitrogens with one attached hydrogen (secondary N) is 2. The standard InChI is InChI=1S/C60H67N13O10/c1-38-28-42(20-21-63-38)33-65-55(75)49-34-70(24-26-72(49)57(77)46(61)16-19-53(74)69-22-6-7-23-69)60(80)82-37-40-10-13-43(14-11-40)44-15-18-51-45(30-44)31-52(83-51)54(62)58(78)73-27-25-71(59(79)81-36-39-8-4-3-5-9-39)35-50(73)56(76)64-32-41-12-17-48-47(29-41)66-67-68(48)2/h3-5,8-15,17-18,20-21,28-31,46,49-50,54H,6-7,16,19,22-27,32-37,61-62H2,1-2H3,(H,64,76)(H,65,75). The highest BCUT2D eigenvalue weighted by Crippen LogP contribution is 2.31. The monoisotopic (exact) mass is 1130 g/mol. The number of ether oxygens (including phenoxy) is 2. The number of amides is 7. The summed E-state index contributed by atoms with van der Waals surface area (Å²) in [5, 5.41) is 14.7. The number of nitrogens with zero attached hydrogens (tertiary/aromatic N) is 9. The van der Waals surface area contributed by atoms with Crippen molar-refractivity contribution >= 4 is 63.7 Å². The van der Waals surface area contributed by atoms with Gasteiger partial charge >= 0.3 is 12.2 Å². The number of carbonyl (C=O) groups excluding carboxylic acids is 7. The minimum atomic E-state index is -1.29. The van der Waals surface area contributed by atoms with Crippen molar-refractivity contribution in [2.75, 3.05) is 52.4 Å². The second-order valence-corrected chi connectivity index (χ2v) is 21.2. The lowest BCUT2D eigenvalue weighted by molar-refractivity contribution is -0.145. The second kappa shape index (κ2) is 25.7. The highest BCUT2D eigenvalue weighted by atomic mass is 16.6. The van der Waals surface area contributed by atoms with Crippen molar-refractivity contribution in [2.45, 2.75) is 83.1 Å². The highest BCUT2D eigenvalue weighted by molar-refractivity contribution is 5.93. The molecule has 10 rings (SSSR count). The van der Waals surface area contributed by atoms with Gasteiger partial charge in [0.05, 0.1) is 24.6 Å². The Bertz CT molecular complexity index is 3510. The van der Waals surface area contributed by atoms with E-state index in [4.69, 9.17) is 25.4 Å². The van der Waals surface area contributed by atoms with E-state index in [9.17, 15) is 33.6 Å². The van der Waals surface area contributed by atoms with Crippen LogP contribution in [0.4, 0.5) is 9.59 Å². The summed E-state index contributed by atoms with van der Waals surface area (Å²) in [6, 6.07) is 28.6. The van der Waals surface area contributed by atoms with Gasteiger partial charge in [-0.2, -0.15) is 0 Å². The van der Waals surface area contributed by atoms with Crippen LogP contribution in [0.15, 0.2) is 120 Å². The van der Waals surface area contributed by atoms with E-state index in [1.807, 2.05) is 97.9 Å². The Kier molecular flexibility index (Phi) is 17.7. The first-order valence-electron chi connectivity index (χ1n) is 27.8. The van der Waals surface area contributed by atoms with Gasteiger partial charge < -0.3 is 60.5 Å². The molecule has 3 fully saturated rings. The van der Waals surface area contributed by atoms with E-state index < -0.39 is 60.0 Å². The van der Waals surface area contributed by atoms with Crippen LogP contribution < -0.4 is 22.1 Å². The smallest absolute Gasteiger partial charge is 0.410 e. The molecular weight excluding hydrogens is 1060 g/mol. The molecule has 0 spiro atoms. The molecular formula is C60H67N13O10. The van der Waals surface area contributed by atoms with Gasteiger partial charge in [0.2, 0.25) is 29.5 Å². The van der Waals surface area contributed by atoms with E-state index >= 15 is 0 Å². The first-order valence-corrected chi connectivity index (χ1v) is 27.8. The van der Waals surface area contributed by atoms with E-state index in [0.29, 0.717) is 35.1 Å². The lowest BCUT2D eigenvalue weighted by Crippen LogP contribution is -2.63. The van der Waals surface area contributed by atoms with Crippen LogP contribution in [-0.4, -0.2) is 157 Å². The number of hydrogen-bond acceptors (Lipinski definition) is 15. The number of rotatable bonds is 17. The molecule has 23 nitrogen and oxygen atoms in total. The van der Waals surface area contributed by atoms with Gasteiger partial charge in [0.1, 0.15) is 48.2 Å². The fourth-order valence-corrected chi connectivity index (χ4v) is 10.7. The first-order chi connectivity index (χ1) is 40.1. The van der Waals surface area contributed by atoms with E-state index in [2.05, 4.69) is 25.9 Å². The SMILES string of the molecule is Cc1cc(CNC(=O)C2CN(C(=O)OCc3ccc(-c4ccc5oc(C(N)C(=O)N6CCN(C(=O)OCc7ccccc7)CC6C(=O)NCc6ccc7c(c6)nnn7C)cc5c4)cc3)CCN2C(=O)C(N)CCC(=O)N2CCCC2)ccn1. The van der Waals surface area contributed by atoms with Crippen LogP contribution in [0.5, 0.6) is 0 Å². The number of furan rings is 1. The summed E-state index contributed by atoms with van der Waals surface area (Å²) < 4.78 is 19.2. The Morgan fingerprint density at radius 3 is 1.90 bits per heavy atom. The molecule has 3 saturated heterocycles. The maximum atomic E-state index is 14.4. The number of aromatic nitrogens is 4. The summed E-state index contributed by atoms with van der Waals surface area (Å²) in [5.41, 5.74) is 20.6. The van der Waals surface area contributed by atoms with Crippen LogP contribution in [0.1, 0.15) is 65.4 Å². The molecule has 6 N–H and O–H groups in total. The summed E-state index contributed by atoms with van der Waals surface area (Å²) in [6.45, 7) is 3.47. The highest BCUT2D eigenvalue weighted by Gasteiger charge is 2.41. The molecule has 0 bridgehead atoms. The largest absolute Gasteiger partial charge is 0.459 e. The molecule has 0 saturated carbocycles. The van der Waals surface area contributed by atoms with Crippen molar-refractivity contribution in [1.29, 1.82) is 0 Å². The second-order valence-electron chi connectivity index (χ2n) is 21.2. The zero-order valence-corrected chi connectivity index (χ0v) is 46.4. The molecule has 0 aliphatic carbocycles. The molecule has 7 amide bonds. The van der Waals surface area contributed by atoms with Crippen molar-refractivity contribution in [1.82, 2.24) is 55.1 Å². The van der Waals surface area contributed by atoms with E-state index in [0.717, 1.165) is 51.9 Å². The number of carbonyl (C=O) groups is 7. The summed E-state index contributed by atoms with van der Waals surface area (Å²) in [4.78, 5) is 107. The molecule has 4 atom stereocenters. The third kappa shape index (κ3) is 13.6. The lowest BCUT2D eigenvalue weighted by atomic mass is 10.0. The molecule has 23 heteroatoms. The zero-order chi connectivity index (χ0) is 58.1. The van der Waals surface area contributed by atoms with Crippen molar-refractivity contribution in [3.8, 4) is 11.1 Å². The van der Waals surface area contributed by atoms with Crippen molar-refractivity contribution in [3.05, 3.63) is 149 Å². The van der Waals surface area contributed by atoms with Crippen LogP contribution in [-0.2, 0) is 66.8 Å². The average molecular weight is 1130 g/mol. The maximum absolute atomic E-state index is 14.4. The van der Waals surface area contributed by atoms with Gasteiger partial charge in [-0.15, -0.1) is 5.10 Å². The molecule has 432 valence electrons. The molecule has 3 aromatic heterocycles. The molecule has 7 aromatic rings. The third-order valence-electron chi connectivity index (χ3n) is 15.4. The Morgan fingerprint density at radius 1 is 0.651 bits per heavy atom. The number of hydrogen-bond donors (Lipinski definition) is 4. The van der Waals surface area contributed by atoms with Crippen LogP contribution in [0.25, 0.3) is 33.1 Å². The topological polar surface area (TPSA) is 287 Å². The number of benzene rings is 4. The van der Waals surface area contributed by atoms with E-state index in [-0.39, 0.29) is 90.1 Å². The van der Waals surface area contributed by atoms with E-state index in [1.54, 1.807) is 41.0 Å². The molecule has 4 aromatic carbocycles. The Labute approximate surface area is 478 Å². The molecule has 3 aliphatic rings. The fourth-order valence-electron chi connectivity index (χ4n) is 10.7. The van der Waals surface area contributed by atoms with Crippen LogP contribution >= 0.6 is 0 Å². The zero-order valence-electron chi connectivity index (χ0n) is 46.4. The van der Waals surface area contributed by atoms with Gasteiger partial charge in [0.15, 0.2) is 0 Å². The molecule has 6 heterocycles. The molecule has 4 unspecified atom stereocenters. The van der Waals surface area contributed by atoms with Crippen molar-refractivity contribution in [2.24, 2.45) is 18.5 Å². The van der Waals surface area contributed by atoms with Crippen LogP contribution in [0.2, 0.25) is 0 Å². The van der Waals surface area contributed by atoms with Gasteiger partial charge in [-0.1, -0.05) is 71.9 Å². The van der Waals surface area contributed by atoms with E-state index in [1.165, 1.54) is 19.6 Å². The predicted octanol–water partition coefficient (Wildman–Crippen LogP) is 4.45. The molecule has 0 radical (unpaired) electrons. The van der Waals surface area contributed by atoms with Crippen LogP contribution in [0.3, 0.4) is 0 Å². The summed E-state index contributed by atoms with van der Waals surface area (Å²) in [6.07, 6.45) is 2.52. The van der Waals surface area contributed by atoms with Crippen molar-refractivity contribution < 1.29 is 47.5 Å². The van der Waals surface area contributed by atoms with Crippen molar-refractivity contribution in [3.63, 3.8) is 0 Å². The minimum absolute atomic E-state index is 0.00276. The number of aryl methyl sites for hydroxylation is 2. The molecule has 3 aliphatic heterocycles. The first kappa shape index (κ1) is 57.0. The fraction of sp³-hybridized carbons (Fsp3) is 0.367. The number of piperazine rings is 2. The van der Waals surface area contributed by atoms with Gasteiger partial charge in [-0.3, -0.25) is 29.0 Å². The number of nitrogens with two attached hydrogens (primary N) is 2. The minimum Gasteiger partial charge on any atom is -0.459 e. The quantitative estimate of drug-likeness (QED) is 0.0980. The van der Waals surface area contributed by atoms with Gasteiger partial charge in [-0.05, 0) is 102 Å². The number of fused-ring (bicyclic) bond motifs is 2. The van der Waals surface area contributed by atoms with Crippen LogP contribution in [0, 0.1) is 6.92 Å². The number of pyridine rings is 1. The summed E-state index contributed by atoms with van der Waals surface area (Å²) in [7, 11) is 1.79. The Hall–Kier alpha value is -9.22. The van der Waals surface area contributed by atoms with Gasteiger partial charge in [0.25, 0.3) is 0 Å². The lowest BCUT2D eigenvalue weighted by Gasteiger charge is -2.41. The average Bonchev–Trinajstić information content (AvgIpc) is 4.44. The number of likely N-dealkylation sites (tertiary alicyclic amines) is 1. The van der Waals surface area contributed by atoms with Gasteiger partial charge in [0, 0.05) is 83.1 Å². The van der Waals surface area contributed by atoms with Gasteiger partial charge in [-0.25, -0.2) is 14.3 Å².